The first-order chi connectivity index (χ1) is 24.6. The van der Waals surface area contributed by atoms with Gasteiger partial charge >= 0.3 is 0 Å². The van der Waals surface area contributed by atoms with E-state index in [9.17, 15) is 0 Å². The number of azide groups is 5. The van der Waals surface area contributed by atoms with Gasteiger partial charge in [0.1, 0.15) is 0 Å². The molecule has 52 heavy (non-hydrogen) atoms. The van der Waals surface area contributed by atoms with E-state index in [0.717, 1.165) is 19.3 Å². The summed E-state index contributed by atoms with van der Waals surface area (Å²) >= 11 is 0. The van der Waals surface area contributed by atoms with E-state index >= 15 is 0 Å². The molecular formula is C35H61N17. The maximum absolute atomic E-state index is 8.28. The van der Waals surface area contributed by atoms with Crippen molar-refractivity contribution in [3.05, 3.63) is 52.2 Å². The Hall–Kier alpha value is -5.35. The van der Waals surface area contributed by atoms with Gasteiger partial charge in [0, 0.05) is 81.0 Å². The topological polar surface area (TPSA) is 291 Å². The summed E-state index contributed by atoms with van der Waals surface area (Å²) in [4.78, 5) is 13.6. The summed E-state index contributed by atoms with van der Waals surface area (Å²) in [6, 6.07) is 4.15. The lowest BCUT2D eigenvalue weighted by atomic mass is 10.0. The van der Waals surface area contributed by atoms with Crippen molar-refractivity contribution >= 4 is 0 Å². The van der Waals surface area contributed by atoms with Crippen molar-refractivity contribution in [3.63, 3.8) is 0 Å². The van der Waals surface area contributed by atoms with Crippen LogP contribution < -0.4 is 0 Å². The molecule has 0 radical (unpaired) electrons. The largest absolute Gasteiger partial charge is 0.198 e. The van der Waals surface area contributed by atoms with Crippen LogP contribution in [-0.2, 0) is 0 Å². The van der Waals surface area contributed by atoms with Crippen molar-refractivity contribution in [2.24, 2.45) is 55.2 Å². The molecule has 0 rings (SSSR count). The molecule has 0 aliphatic carbocycles. The van der Waals surface area contributed by atoms with Gasteiger partial charge in [-0.15, -0.1) is 24.2 Å². The third kappa shape index (κ3) is 44.6. The Bertz CT molecular complexity index is 1220. The summed E-state index contributed by atoms with van der Waals surface area (Å²) in [5.74, 6) is 10.2. The first-order valence-corrected chi connectivity index (χ1v) is 17.4. The van der Waals surface area contributed by atoms with Gasteiger partial charge in [-0.25, -0.2) is 0 Å². The molecule has 0 N–H and O–H groups in total. The highest BCUT2D eigenvalue weighted by atomic mass is 15.2. The van der Waals surface area contributed by atoms with Gasteiger partial charge in [-0.2, -0.15) is 10.5 Å². The predicted octanol–water partition coefficient (Wildman–Crippen LogP) is 13.1. The van der Waals surface area contributed by atoms with Gasteiger partial charge in [-0.3, -0.25) is 0 Å². The summed E-state index contributed by atoms with van der Waals surface area (Å²) in [6.07, 6.45) is 10.5. The van der Waals surface area contributed by atoms with Crippen LogP contribution in [0, 0.1) is 76.4 Å². The summed E-state index contributed by atoms with van der Waals surface area (Å²) in [6.45, 7) is 22.5. The molecule has 0 amide bonds. The van der Waals surface area contributed by atoms with Crippen LogP contribution in [0.2, 0.25) is 0 Å². The summed E-state index contributed by atoms with van der Waals surface area (Å²) in [5, 5.41) is 34.4. The number of nitriles is 2. The van der Waals surface area contributed by atoms with Crippen molar-refractivity contribution < 1.29 is 0 Å². The first kappa shape index (κ1) is 56.0. The smallest absolute Gasteiger partial charge is 0.0621 e. The van der Waals surface area contributed by atoms with Crippen molar-refractivity contribution in [2.45, 2.75) is 152 Å². The van der Waals surface area contributed by atoms with Gasteiger partial charge in [0.25, 0.3) is 0 Å². The van der Waals surface area contributed by atoms with E-state index in [-0.39, 0.29) is 24.2 Å². The van der Waals surface area contributed by atoms with Gasteiger partial charge in [0.2, 0.25) is 0 Å². The zero-order valence-corrected chi connectivity index (χ0v) is 33.2. The summed E-state index contributed by atoms with van der Waals surface area (Å²) in [7, 11) is 0. The van der Waals surface area contributed by atoms with Crippen molar-refractivity contribution in [1.82, 2.24) is 0 Å². The molecule has 4 unspecified atom stereocenters. The highest BCUT2D eigenvalue weighted by Crippen LogP contribution is 2.14. The molecule has 0 bridgehead atoms. The minimum atomic E-state index is -0.0281. The predicted molar refractivity (Wildman–Crippen MR) is 210 cm³/mol. The van der Waals surface area contributed by atoms with Gasteiger partial charge in [-0.05, 0) is 89.9 Å². The fourth-order valence-corrected chi connectivity index (χ4v) is 3.56. The van der Waals surface area contributed by atoms with Gasteiger partial charge in [0.15, 0.2) is 0 Å². The van der Waals surface area contributed by atoms with Crippen molar-refractivity contribution in [1.29, 1.82) is 10.5 Å². The zero-order chi connectivity index (χ0) is 41.2. The van der Waals surface area contributed by atoms with E-state index in [2.05, 4.69) is 81.7 Å². The molecule has 0 heterocycles. The molecule has 0 fully saturated rings. The second-order valence-corrected chi connectivity index (χ2v) is 13.0. The van der Waals surface area contributed by atoms with Crippen LogP contribution in [0.4, 0.5) is 0 Å². The molecule has 17 nitrogen and oxygen atoms in total. The second kappa shape index (κ2) is 43.7. The molecule has 0 saturated heterocycles. The third-order valence-electron chi connectivity index (χ3n) is 6.82. The van der Waals surface area contributed by atoms with Gasteiger partial charge in [-0.1, -0.05) is 94.8 Å². The Morgan fingerprint density at radius 3 is 1.02 bits per heavy atom. The molecule has 0 aromatic heterocycles. The Labute approximate surface area is 312 Å². The number of rotatable bonds is 18. The average Bonchev–Trinajstić information content (AvgIpc) is 3.09. The maximum atomic E-state index is 8.28. The van der Waals surface area contributed by atoms with Gasteiger partial charge in [0.05, 0.1) is 12.1 Å². The molecule has 0 aromatic carbocycles. The second-order valence-electron chi connectivity index (χ2n) is 13.0. The van der Waals surface area contributed by atoms with E-state index < -0.39 is 0 Å². The highest BCUT2D eigenvalue weighted by Gasteiger charge is 2.11. The molecule has 0 aliphatic heterocycles. The van der Waals surface area contributed by atoms with Gasteiger partial charge < -0.3 is 0 Å². The molecule has 0 aliphatic rings. The molecule has 0 aromatic rings. The molecule has 17 heteroatoms. The molecule has 286 valence electrons. The Kier molecular flexibility index (Phi) is 47.1. The average molecular weight is 720 g/mol. The van der Waals surface area contributed by atoms with Crippen LogP contribution in [0.1, 0.15) is 128 Å². The highest BCUT2D eigenvalue weighted by molar-refractivity contribution is 4.95. The minimum Gasteiger partial charge on any atom is -0.198 e. The number of nitrogens with zero attached hydrogens (tertiary/aromatic N) is 17. The maximum Gasteiger partial charge on any atom is 0.0621 e. The lowest BCUT2D eigenvalue weighted by Crippen LogP contribution is -2.11. The third-order valence-corrected chi connectivity index (χ3v) is 6.82. The van der Waals surface area contributed by atoms with E-state index in [1.54, 1.807) is 0 Å². The van der Waals surface area contributed by atoms with Crippen LogP contribution in [0.5, 0.6) is 0 Å². The zero-order valence-electron chi connectivity index (χ0n) is 33.2. The molecular weight excluding hydrogens is 659 g/mol. The summed E-state index contributed by atoms with van der Waals surface area (Å²) < 4.78 is 0. The first-order valence-electron chi connectivity index (χ1n) is 17.4. The standard InChI is InChI=1S/C9H15N3.C8H13N3.2C7H12N4.C4H9N3/c1-4-5-6-7-9(8(2)3)11-12-10;1-4-5-6-8(7(2)3)10-11-9;2*1-6(2)7(10-11-9)4-3-5-8;1-4(2)3-6-7-5/h8-9H,6-7H2,1-3H3;1,7-8H,5-6H2,2-3H3;2*6-7H,3-4H2,1-2H3;4H,3H2,1-2H3. The van der Waals surface area contributed by atoms with Crippen LogP contribution in [0.3, 0.4) is 0 Å². The molecule has 0 saturated carbocycles. The minimum absolute atomic E-state index is 0.0281. The normalized spacial score (nSPS) is 11.2. The van der Waals surface area contributed by atoms with Crippen LogP contribution in [0.25, 0.3) is 52.2 Å². The molecule has 4 atom stereocenters. The Balaban J connectivity index is -0.000000179. The van der Waals surface area contributed by atoms with E-state index in [1.807, 2.05) is 74.5 Å². The number of hydrogen-bond donors (Lipinski definition) is 0. The number of terminal acetylenes is 1. The van der Waals surface area contributed by atoms with Crippen molar-refractivity contribution in [3.8, 4) is 36.3 Å². The Morgan fingerprint density at radius 2 is 0.827 bits per heavy atom. The quantitative estimate of drug-likeness (QED) is 0.0577. The summed E-state index contributed by atoms with van der Waals surface area (Å²) in [5.41, 5.74) is 40.6. The van der Waals surface area contributed by atoms with E-state index in [0.29, 0.717) is 68.2 Å². The molecule has 0 spiro atoms. The fraction of sp³-hybridized carbons (Fsp3) is 0.829. The Morgan fingerprint density at radius 1 is 0.519 bits per heavy atom. The van der Waals surface area contributed by atoms with Crippen LogP contribution in [-0.4, -0.2) is 30.7 Å². The van der Waals surface area contributed by atoms with Crippen LogP contribution >= 0.6 is 0 Å². The SMILES string of the molecule is C#CCCC(N=[N+]=[N-])C(C)C.CC#CCCC(N=[N+]=[N-])C(C)C.CC(C)C(CCC#N)N=[N+]=[N-].CC(C)C(CCC#N)N=[N+]=[N-].CC(C)CN=[N+]=[N-]. The monoisotopic (exact) mass is 720 g/mol. The lowest BCUT2D eigenvalue weighted by Gasteiger charge is -2.12. The lowest BCUT2D eigenvalue weighted by molar-refractivity contribution is 0.467. The van der Waals surface area contributed by atoms with Crippen molar-refractivity contribution in [2.75, 3.05) is 6.54 Å². The van der Waals surface area contributed by atoms with E-state index in [1.165, 1.54) is 0 Å². The number of hydrogen-bond acceptors (Lipinski definition) is 7. The van der Waals surface area contributed by atoms with Crippen LogP contribution in [0.15, 0.2) is 25.6 Å². The van der Waals surface area contributed by atoms with E-state index in [4.69, 9.17) is 44.6 Å². The fourth-order valence-electron chi connectivity index (χ4n) is 3.56.